The van der Waals surface area contributed by atoms with Crippen molar-refractivity contribution in [1.29, 1.82) is 0 Å². The van der Waals surface area contributed by atoms with Crippen LogP contribution in [0.25, 0.3) is 0 Å². The third-order valence-electron chi connectivity index (χ3n) is 10.5. The van der Waals surface area contributed by atoms with Crippen LogP contribution >= 0.6 is 0 Å². The SMILES string of the molecule is CCCC1CC2CCC(O2)C(C)C(=O)OC(C(C)C2CCC(CC(CCC)N(C)C)O2)CC2CCC(O2)C(C)C(=O)O1. The van der Waals surface area contributed by atoms with E-state index >= 15 is 0 Å². The van der Waals surface area contributed by atoms with Crippen LogP contribution in [0.4, 0.5) is 0 Å². The van der Waals surface area contributed by atoms with Crippen LogP contribution in [0.2, 0.25) is 0 Å². The summed E-state index contributed by atoms with van der Waals surface area (Å²) in [5.74, 6) is -0.992. The van der Waals surface area contributed by atoms with Crippen molar-refractivity contribution in [2.24, 2.45) is 17.8 Å². The van der Waals surface area contributed by atoms with Crippen molar-refractivity contribution in [3.8, 4) is 0 Å². The Morgan fingerprint density at radius 2 is 1.36 bits per heavy atom. The molecule has 4 heterocycles. The van der Waals surface area contributed by atoms with Crippen molar-refractivity contribution in [2.45, 2.75) is 173 Å². The van der Waals surface area contributed by atoms with Gasteiger partial charge in [0.05, 0.1) is 48.5 Å². The number of ether oxygens (including phenoxy) is 5. The van der Waals surface area contributed by atoms with E-state index < -0.39 is 0 Å². The van der Waals surface area contributed by atoms with Crippen LogP contribution in [0.1, 0.15) is 118 Å². The van der Waals surface area contributed by atoms with Crippen LogP contribution in [0.5, 0.6) is 0 Å². The molecular weight excluding hydrogens is 534 g/mol. The first kappa shape index (κ1) is 33.7. The van der Waals surface area contributed by atoms with E-state index in [0.29, 0.717) is 18.9 Å². The van der Waals surface area contributed by atoms with Crippen molar-refractivity contribution < 1.29 is 33.3 Å². The summed E-state index contributed by atoms with van der Waals surface area (Å²) in [7, 11) is 4.31. The molecule has 8 nitrogen and oxygen atoms in total. The summed E-state index contributed by atoms with van der Waals surface area (Å²) in [5, 5.41) is 0. The van der Waals surface area contributed by atoms with Crippen LogP contribution in [-0.2, 0) is 33.3 Å². The van der Waals surface area contributed by atoms with Crippen molar-refractivity contribution >= 4 is 11.9 Å². The van der Waals surface area contributed by atoms with Crippen molar-refractivity contribution in [2.75, 3.05) is 14.1 Å². The van der Waals surface area contributed by atoms with E-state index in [1.807, 2.05) is 13.8 Å². The molecule has 4 bridgehead atoms. The van der Waals surface area contributed by atoms with Crippen LogP contribution in [0, 0.1) is 17.8 Å². The standard InChI is InChI=1S/C34H59NO7/c1-8-10-24(35(6)7)18-26-12-15-29(38-26)21(3)32-20-28-14-17-30(40-28)22(4)33(36)41-25(11-9-2)19-27-13-16-31(39-27)23(5)34(37)42-32/h21-32H,8-20H2,1-7H3. The normalized spacial score (nSPS) is 39.7. The second kappa shape index (κ2) is 15.7. The summed E-state index contributed by atoms with van der Waals surface area (Å²) in [4.78, 5) is 29.1. The van der Waals surface area contributed by atoms with E-state index in [9.17, 15) is 9.59 Å². The number of cyclic esters (lactones) is 2. The fourth-order valence-corrected chi connectivity index (χ4v) is 7.61. The van der Waals surface area contributed by atoms with Gasteiger partial charge in [0.25, 0.3) is 0 Å². The van der Waals surface area contributed by atoms with Gasteiger partial charge < -0.3 is 28.6 Å². The van der Waals surface area contributed by atoms with Crippen molar-refractivity contribution in [3.05, 3.63) is 0 Å². The lowest BCUT2D eigenvalue weighted by Crippen LogP contribution is -2.40. The maximum absolute atomic E-state index is 13.6. The first-order chi connectivity index (χ1) is 20.1. The third-order valence-corrected chi connectivity index (χ3v) is 10.5. The number of hydrogen-bond acceptors (Lipinski definition) is 8. The zero-order valence-corrected chi connectivity index (χ0v) is 27.4. The van der Waals surface area contributed by atoms with Gasteiger partial charge in [-0.05, 0) is 85.7 Å². The lowest BCUT2D eigenvalue weighted by atomic mass is 9.90. The Morgan fingerprint density at radius 3 is 1.95 bits per heavy atom. The molecule has 4 saturated heterocycles. The van der Waals surface area contributed by atoms with E-state index in [1.165, 1.54) is 6.42 Å². The Balaban J connectivity index is 1.47. The summed E-state index contributed by atoms with van der Waals surface area (Å²) < 4.78 is 31.9. The average Bonchev–Trinajstić information content (AvgIpc) is 3.72. The molecule has 0 aromatic rings. The number of fused-ring (bicyclic) bond motifs is 4. The summed E-state index contributed by atoms with van der Waals surface area (Å²) in [6.07, 6.45) is 11.1. The van der Waals surface area contributed by atoms with E-state index in [4.69, 9.17) is 23.7 Å². The van der Waals surface area contributed by atoms with Crippen LogP contribution in [0.3, 0.4) is 0 Å². The number of hydrogen-bond donors (Lipinski definition) is 0. The van der Waals surface area contributed by atoms with E-state index in [0.717, 1.165) is 64.2 Å². The van der Waals surface area contributed by atoms with Gasteiger partial charge in [0, 0.05) is 24.8 Å². The summed E-state index contributed by atoms with van der Waals surface area (Å²) >= 11 is 0. The van der Waals surface area contributed by atoms with Gasteiger partial charge in [-0.25, -0.2) is 0 Å². The molecule has 0 aliphatic carbocycles. The smallest absolute Gasteiger partial charge is 0.311 e. The van der Waals surface area contributed by atoms with Gasteiger partial charge in [-0.2, -0.15) is 0 Å². The first-order valence-corrected chi connectivity index (χ1v) is 17.1. The van der Waals surface area contributed by atoms with Gasteiger partial charge in [0.1, 0.15) is 12.2 Å². The van der Waals surface area contributed by atoms with E-state index in [-0.39, 0.29) is 78.5 Å². The van der Waals surface area contributed by atoms with Gasteiger partial charge in [-0.1, -0.05) is 33.6 Å². The quantitative estimate of drug-likeness (QED) is 0.298. The Morgan fingerprint density at radius 1 is 0.738 bits per heavy atom. The maximum atomic E-state index is 13.6. The molecule has 4 aliphatic rings. The molecule has 12 unspecified atom stereocenters. The second-order valence-corrected chi connectivity index (χ2v) is 14.0. The second-order valence-electron chi connectivity index (χ2n) is 14.0. The van der Waals surface area contributed by atoms with Crippen LogP contribution < -0.4 is 0 Å². The summed E-state index contributed by atoms with van der Waals surface area (Å²) in [5.41, 5.74) is 0. The molecule has 0 saturated carbocycles. The third kappa shape index (κ3) is 8.70. The molecule has 4 fully saturated rings. The lowest BCUT2D eigenvalue weighted by Gasteiger charge is -2.33. The molecule has 4 rings (SSSR count). The fourth-order valence-electron chi connectivity index (χ4n) is 7.61. The minimum absolute atomic E-state index is 0.0119. The Hall–Kier alpha value is -1.22. The molecule has 0 radical (unpaired) electrons. The molecule has 0 aromatic heterocycles. The zero-order chi connectivity index (χ0) is 30.4. The van der Waals surface area contributed by atoms with Gasteiger partial charge in [0.15, 0.2) is 0 Å². The minimum atomic E-state index is -0.353. The summed E-state index contributed by atoms with van der Waals surface area (Å²) in [6, 6.07) is 0.514. The largest absolute Gasteiger partial charge is 0.462 e. The highest BCUT2D eigenvalue weighted by atomic mass is 16.6. The van der Waals surface area contributed by atoms with Gasteiger partial charge in [-0.3, -0.25) is 9.59 Å². The molecular formula is C34H59NO7. The molecule has 8 heteroatoms. The first-order valence-electron chi connectivity index (χ1n) is 17.1. The maximum Gasteiger partial charge on any atom is 0.311 e. The van der Waals surface area contributed by atoms with Gasteiger partial charge >= 0.3 is 11.9 Å². The van der Waals surface area contributed by atoms with E-state index in [1.54, 1.807) is 0 Å². The van der Waals surface area contributed by atoms with Gasteiger partial charge in [0.2, 0.25) is 0 Å². The molecule has 4 aliphatic heterocycles. The van der Waals surface area contributed by atoms with E-state index in [2.05, 4.69) is 39.8 Å². The number of esters is 2. The number of nitrogens with zero attached hydrogens (tertiary/aromatic N) is 1. The monoisotopic (exact) mass is 593 g/mol. The Labute approximate surface area is 254 Å². The number of carbonyl (C=O) groups excluding carboxylic acids is 2. The molecule has 242 valence electrons. The Bertz CT molecular complexity index is 867. The molecule has 42 heavy (non-hydrogen) atoms. The number of rotatable bonds is 9. The fraction of sp³-hybridized carbons (Fsp3) is 0.941. The highest BCUT2D eigenvalue weighted by Crippen LogP contribution is 2.37. The minimum Gasteiger partial charge on any atom is -0.462 e. The predicted molar refractivity (Wildman–Crippen MR) is 162 cm³/mol. The highest BCUT2D eigenvalue weighted by molar-refractivity contribution is 5.73. The predicted octanol–water partition coefficient (Wildman–Crippen LogP) is 6.08. The molecule has 0 amide bonds. The topological polar surface area (TPSA) is 83.5 Å². The Kier molecular flexibility index (Phi) is 12.6. The highest BCUT2D eigenvalue weighted by Gasteiger charge is 2.43. The zero-order valence-electron chi connectivity index (χ0n) is 27.4. The molecule has 0 N–H and O–H groups in total. The van der Waals surface area contributed by atoms with Crippen LogP contribution in [-0.4, -0.2) is 85.8 Å². The van der Waals surface area contributed by atoms with Crippen molar-refractivity contribution in [3.63, 3.8) is 0 Å². The number of carbonyl (C=O) groups is 2. The molecule has 12 atom stereocenters. The lowest BCUT2D eigenvalue weighted by molar-refractivity contribution is -0.169. The average molecular weight is 594 g/mol. The molecule has 0 aromatic carbocycles. The van der Waals surface area contributed by atoms with Gasteiger partial charge in [-0.15, -0.1) is 0 Å². The summed E-state index contributed by atoms with van der Waals surface area (Å²) in [6.45, 7) is 10.4. The molecule has 0 spiro atoms. The van der Waals surface area contributed by atoms with Crippen molar-refractivity contribution in [1.82, 2.24) is 4.90 Å². The van der Waals surface area contributed by atoms with Crippen LogP contribution in [0.15, 0.2) is 0 Å².